The summed E-state index contributed by atoms with van der Waals surface area (Å²) in [6.07, 6.45) is 2.25. The van der Waals surface area contributed by atoms with Gasteiger partial charge in [0.05, 0.1) is 0 Å². The molecule has 0 aromatic heterocycles. The number of amides is 1. The maximum Gasteiger partial charge on any atom is 0.224 e. The minimum atomic E-state index is 0.0259. The molecule has 0 unspecified atom stereocenters. The molecule has 3 heteroatoms. The fourth-order valence-corrected chi connectivity index (χ4v) is 2.19. The second kappa shape index (κ2) is 8.79. The molecule has 0 aliphatic heterocycles. The van der Waals surface area contributed by atoms with Crippen molar-refractivity contribution in [1.82, 2.24) is 0 Å². The van der Waals surface area contributed by atoms with Gasteiger partial charge in [-0.15, -0.1) is 0 Å². The van der Waals surface area contributed by atoms with E-state index in [-0.39, 0.29) is 5.91 Å². The first-order valence-electron chi connectivity index (χ1n) is 7.84. The van der Waals surface area contributed by atoms with E-state index in [1.807, 2.05) is 49.4 Å². The molecule has 2 aromatic rings. The Hall–Kier alpha value is -2.55. The van der Waals surface area contributed by atoms with Gasteiger partial charge in [-0.1, -0.05) is 43.0 Å². The van der Waals surface area contributed by atoms with Crippen molar-refractivity contribution in [3.63, 3.8) is 0 Å². The highest BCUT2D eigenvalue weighted by Gasteiger charge is 2.04. The molecular weight excluding hydrogens is 286 g/mol. The minimum absolute atomic E-state index is 0.0259. The minimum Gasteiger partial charge on any atom is -0.489 e. The number of carbonyl (C=O) groups is 1. The summed E-state index contributed by atoms with van der Waals surface area (Å²) in [6, 6.07) is 17.6. The van der Waals surface area contributed by atoms with E-state index >= 15 is 0 Å². The predicted molar refractivity (Wildman–Crippen MR) is 94.8 cm³/mol. The standard InChI is InChI=1S/C20H23NO2/c1-16(2)15-23-19-12-7-11-18(14-19)21-20(22)13-6-10-17-8-4-3-5-9-17/h3-5,7-9,11-12,14H,1,6,10,13,15H2,2H3,(H,21,22). The molecule has 23 heavy (non-hydrogen) atoms. The van der Waals surface area contributed by atoms with Crippen molar-refractivity contribution in [1.29, 1.82) is 0 Å². The first-order chi connectivity index (χ1) is 11.1. The number of hydrogen-bond acceptors (Lipinski definition) is 2. The number of carbonyl (C=O) groups excluding carboxylic acids is 1. The van der Waals surface area contributed by atoms with E-state index in [0.717, 1.165) is 29.9 Å². The highest BCUT2D eigenvalue weighted by molar-refractivity contribution is 5.90. The molecule has 0 saturated heterocycles. The van der Waals surface area contributed by atoms with Crippen LogP contribution in [0.3, 0.4) is 0 Å². The lowest BCUT2D eigenvalue weighted by molar-refractivity contribution is -0.116. The SMILES string of the molecule is C=C(C)COc1cccc(NC(=O)CCCc2ccccc2)c1. The van der Waals surface area contributed by atoms with Crippen molar-refractivity contribution >= 4 is 11.6 Å². The van der Waals surface area contributed by atoms with Crippen molar-refractivity contribution in [2.45, 2.75) is 26.2 Å². The molecule has 0 aliphatic carbocycles. The average Bonchev–Trinajstić information content (AvgIpc) is 2.54. The summed E-state index contributed by atoms with van der Waals surface area (Å²) in [5.74, 6) is 0.757. The first-order valence-corrected chi connectivity index (χ1v) is 7.84. The summed E-state index contributed by atoms with van der Waals surface area (Å²) in [6.45, 7) is 6.20. The first kappa shape index (κ1) is 16.8. The number of rotatable bonds is 8. The fourth-order valence-electron chi connectivity index (χ4n) is 2.19. The van der Waals surface area contributed by atoms with Gasteiger partial charge in [-0.2, -0.15) is 0 Å². The number of anilines is 1. The molecule has 0 radical (unpaired) electrons. The predicted octanol–water partition coefficient (Wildman–Crippen LogP) is 4.60. The normalized spacial score (nSPS) is 10.1. The monoisotopic (exact) mass is 309 g/mol. The Bertz CT molecular complexity index is 650. The number of ether oxygens (including phenoxy) is 1. The Morgan fingerprint density at radius 2 is 1.91 bits per heavy atom. The lowest BCUT2D eigenvalue weighted by Gasteiger charge is -2.09. The Morgan fingerprint density at radius 1 is 1.13 bits per heavy atom. The number of aryl methyl sites for hydroxylation is 1. The van der Waals surface area contributed by atoms with Crippen molar-refractivity contribution in [2.75, 3.05) is 11.9 Å². The van der Waals surface area contributed by atoms with E-state index in [9.17, 15) is 4.79 Å². The van der Waals surface area contributed by atoms with Gasteiger partial charge in [0.25, 0.3) is 0 Å². The van der Waals surface area contributed by atoms with Crippen molar-refractivity contribution in [3.8, 4) is 5.75 Å². The molecule has 0 heterocycles. The summed E-state index contributed by atoms with van der Waals surface area (Å²) in [5.41, 5.74) is 2.98. The van der Waals surface area contributed by atoms with E-state index in [2.05, 4.69) is 24.0 Å². The molecule has 0 spiro atoms. The third kappa shape index (κ3) is 6.39. The molecule has 0 aliphatic rings. The van der Waals surface area contributed by atoms with Crippen LogP contribution in [0.5, 0.6) is 5.75 Å². The summed E-state index contributed by atoms with van der Waals surface area (Å²) >= 11 is 0. The fraction of sp³-hybridized carbons (Fsp3) is 0.250. The molecule has 1 amide bonds. The smallest absolute Gasteiger partial charge is 0.224 e. The summed E-state index contributed by atoms with van der Waals surface area (Å²) in [5, 5.41) is 2.91. The van der Waals surface area contributed by atoms with E-state index in [1.54, 1.807) is 0 Å². The maximum atomic E-state index is 12.0. The lowest BCUT2D eigenvalue weighted by Crippen LogP contribution is -2.11. The lowest BCUT2D eigenvalue weighted by atomic mass is 10.1. The second-order valence-electron chi connectivity index (χ2n) is 5.66. The maximum absolute atomic E-state index is 12.0. The van der Waals surface area contributed by atoms with E-state index in [4.69, 9.17) is 4.74 Å². The number of nitrogens with one attached hydrogen (secondary N) is 1. The summed E-state index contributed by atoms with van der Waals surface area (Å²) in [4.78, 5) is 12.0. The van der Waals surface area contributed by atoms with Crippen molar-refractivity contribution < 1.29 is 9.53 Å². The Balaban J connectivity index is 1.78. The summed E-state index contributed by atoms with van der Waals surface area (Å²) < 4.78 is 5.58. The van der Waals surface area contributed by atoms with Crippen LogP contribution in [0.2, 0.25) is 0 Å². The molecule has 0 fully saturated rings. The molecule has 0 saturated carbocycles. The average molecular weight is 309 g/mol. The highest BCUT2D eigenvalue weighted by atomic mass is 16.5. The van der Waals surface area contributed by atoms with Crippen LogP contribution in [0, 0.1) is 0 Å². The zero-order valence-corrected chi connectivity index (χ0v) is 13.5. The topological polar surface area (TPSA) is 38.3 Å². The molecular formula is C20H23NO2. The van der Waals surface area contributed by atoms with Crippen LogP contribution in [0.1, 0.15) is 25.3 Å². The number of hydrogen-bond donors (Lipinski definition) is 1. The quantitative estimate of drug-likeness (QED) is 0.724. The zero-order chi connectivity index (χ0) is 16.5. The number of benzene rings is 2. The van der Waals surface area contributed by atoms with Crippen LogP contribution in [-0.4, -0.2) is 12.5 Å². The van der Waals surface area contributed by atoms with E-state index < -0.39 is 0 Å². The van der Waals surface area contributed by atoms with Gasteiger partial charge < -0.3 is 10.1 Å². The largest absolute Gasteiger partial charge is 0.489 e. The second-order valence-corrected chi connectivity index (χ2v) is 5.66. The Kier molecular flexibility index (Phi) is 6.42. The van der Waals surface area contributed by atoms with Crippen LogP contribution >= 0.6 is 0 Å². The van der Waals surface area contributed by atoms with Crippen molar-refractivity contribution in [3.05, 3.63) is 72.3 Å². The van der Waals surface area contributed by atoms with Crippen LogP contribution in [-0.2, 0) is 11.2 Å². The highest BCUT2D eigenvalue weighted by Crippen LogP contribution is 2.18. The van der Waals surface area contributed by atoms with Crippen LogP contribution in [0.25, 0.3) is 0 Å². The van der Waals surface area contributed by atoms with Gasteiger partial charge in [-0.3, -0.25) is 4.79 Å². The Labute approximate surface area is 138 Å². The van der Waals surface area contributed by atoms with Gasteiger partial charge in [0.2, 0.25) is 5.91 Å². The van der Waals surface area contributed by atoms with Gasteiger partial charge in [0.1, 0.15) is 12.4 Å². The molecule has 2 aromatic carbocycles. The van der Waals surface area contributed by atoms with E-state index in [1.165, 1.54) is 5.56 Å². The van der Waals surface area contributed by atoms with Crippen LogP contribution in [0.15, 0.2) is 66.7 Å². The molecule has 120 valence electrons. The van der Waals surface area contributed by atoms with E-state index in [0.29, 0.717) is 13.0 Å². The summed E-state index contributed by atoms with van der Waals surface area (Å²) in [7, 11) is 0. The van der Waals surface area contributed by atoms with Gasteiger partial charge in [-0.25, -0.2) is 0 Å². The third-order valence-corrected chi connectivity index (χ3v) is 3.32. The van der Waals surface area contributed by atoms with Gasteiger partial charge in [0, 0.05) is 18.2 Å². The van der Waals surface area contributed by atoms with Gasteiger partial charge in [0.15, 0.2) is 0 Å². The van der Waals surface area contributed by atoms with Crippen LogP contribution < -0.4 is 10.1 Å². The molecule has 0 bridgehead atoms. The third-order valence-electron chi connectivity index (χ3n) is 3.32. The van der Waals surface area contributed by atoms with Gasteiger partial charge >= 0.3 is 0 Å². The van der Waals surface area contributed by atoms with Crippen LogP contribution in [0.4, 0.5) is 5.69 Å². The molecule has 3 nitrogen and oxygen atoms in total. The van der Waals surface area contributed by atoms with Gasteiger partial charge in [-0.05, 0) is 43.0 Å². The molecule has 2 rings (SSSR count). The zero-order valence-electron chi connectivity index (χ0n) is 13.5. The van der Waals surface area contributed by atoms with Crippen molar-refractivity contribution in [2.24, 2.45) is 0 Å². The Morgan fingerprint density at radius 3 is 2.65 bits per heavy atom. The molecule has 1 N–H and O–H groups in total. The molecule has 0 atom stereocenters.